The van der Waals surface area contributed by atoms with E-state index in [1.54, 1.807) is 11.9 Å². The van der Waals surface area contributed by atoms with Gasteiger partial charge >= 0.3 is 6.36 Å². The summed E-state index contributed by atoms with van der Waals surface area (Å²) in [5.41, 5.74) is 0. The number of rotatable bonds is 2. The van der Waals surface area contributed by atoms with Gasteiger partial charge in [-0.25, -0.2) is 0 Å². The Hall–Kier alpha value is -0.360. The minimum Gasteiger partial charge on any atom is -0.364 e. The first kappa shape index (κ1) is 11.7. The fourth-order valence-electron chi connectivity index (χ4n) is 1.45. The zero-order valence-electron chi connectivity index (χ0n) is 7.80. The summed E-state index contributed by atoms with van der Waals surface area (Å²) in [4.78, 5) is 2.41. The summed E-state index contributed by atoms with van der Waals surface area (Å²) in [5.74, 6) is 0. The van der Waals surface area contributed by atoms with Crippen molar-refractivity contribution in [3.8, 4) is 0 Å². The topological polar surface area (TPSA) is 12.5 Å². The van der Waals surface area contributed by atoms with Gasteiger partial charge < -0.3 is 4.90 Å². The van der Waals surface area contributed by atoms with Gasteiger partial charge in [0.05, 0.1) is 17.6 Å². The zero-order valence-corrected chi connectivity index (χ0v) is 8.62. The highest BCUT2D eigenvalue weighted by atomic mass is 32.1. The molecule has 0 radical (unpaired) electrons. The molecular weight excluding hydrogens is 215 g/mol. The third-order valence-electron chi connectivity index (χ3n) is 2.31. The van der Waals surface area contributed by atoms with Crippen LogP contribution in [0.25, 0.3) is 0 Å². The number of nitrogens with zero attached hydrogens (tertiary/aromatic N) is 1. The average Bonchev–Trinajstić information content (AvgIpc) is 2.06. The highest BCUT2D eigenvalue weighted by Crippen LogP contribution is 2.22. The summed E-state index contributed by atoms with van der Waals surface area (Å²) in [7, 11) is 1.71. The van der Waals surface area contributed by atoms with E-state index in [9.17, 15) is 13.2 Å². The SMILES string of the molecule is CN1C(=S)CCCC1COC(F)(F)F. The molecule has 6 heteroatoms. The summed E-state index contributed by atoms with van der Waals surface area (Å²) < 4.78 is 39.1. The molecule has 0 aromatic rings. The normalized spacial score (nSPS) is 24.1. The first-order valence-electron chi connectivity index (χ1n) is 4.36. The highest BCUT2D eigenvalue weighted by molar-refractivity contribution is 7.80. The molecule has 0 saturated carbocycles. The second kappa shape index (κ2) is 4.44. The fourth-order valence-corrected chi connectivity index (χ4v) is 1.74. The molecular formula is C8H12F3NOS. The van der Waals surface area contributed by atoms with Crippen LogP contribution in [0.4, 0.5) is 13.2 Å². The Morgan fingerprint density at radius 3 is 2.79 bits per heavy atom. The number of hydrogen-bond donors (Lipinski definition) is 0. The van der Waals surface area contributed by atoms with E-state index in [1.807, 2.05) is 0 Å². The standard InChI is InChI=1S/C8H12F3NOS/c1-12-6(3-2-4-7(12)14)5-13-8(9,10)11/h6H,2-5H2,1H3. The maximum absolute atomic E-state index is 11.8. The van der Waals surface area contributed by atoms with Gasteiger partial charge in [0.2, 0.25) is 0 Å². The second-order valence-electron chi connectivity index (χ2n) is 3.31. The predicted molar refractivity (Wildman–Crippen MR) is 50.0 cm³/mol. The van der Waals surface area contributed by atoms with E-state index in [2.05, 4.69) is 4.74 Å². The second-order valence-corrected chi connectivity index (χ2v) is 3.78. The van der Waals surface area contributed by atoms with Crippen molar-refractivity contribution in [2.24, 2.45) is 0 Å². The number of likely N-dealkylation sites (N-methyl/N-ethyl adjacent to an activating group) is 1. The molecule has 0 N–H and O–H groups in total. The van der Waals surface area contributed by atoms with Gasteiger partial charge in [-0.1, -0.05) is 12.2 Å². The molecule has 1 rings (SSSR count). The average molecular weight is 227 g/mol. The Kier molecular flexibility index (Phi) is 3.71. The molecule has 82 valence electrons. The van der Waals surface area contributed by atoms with Gasteiger partial charge in [-0.15, -0.1) is 13.2 Å². The number of thiocarbonyl (C=S) groups is 1. The van der Waals surface area contributed by atoms with Crippen LogP contribution in [0.5, 0.6) is 0 Å². The van der Waals surface area contributed by atoms with Crippen molar-refractivity contribution < 1.29 is 17.9 Å². The van der Waals surface area contributed by atoms with Crippen LogP contribution in [0.1, 0.15) is 19.3 Å². The fraction of sp³-hybridized carbons (Fsp3) is 0.875. The molecule has 0 aliphatic carbocycles. The molecule has 1 fully saturated rings. The molecule has 0 bridgehead atoms. The lowest BCUT2D eigenvalue weighted by Crippen LogP contribution is -2.43. The monoisotopic (exact) mass is 227 g/mol. The molecule has 2 nitrogen and oxygen atoms in total. The van der Waals surface area contributed by atoms with E-state index in [0.29, 0.717) is 11.4 Å². The van der Waals surface area contributed by atoms with Gasteiger partial charge in [0.1, 0.15) is 0 Å². The van der Waals surface area contributed by atoms with E-state index >= 15 is 0 Å². The van der Waals surface area contributed by atoms with Gasteiger partial charge in [0.15, 0.2) is 0 Å². The smallest absolute Gasteiger partial charge is 0.364 e. The van der Waals surface area contributed by atoms with E-state index in [0.717, 1.165) is 12.8 Å². The molecule has 1 aliphatic rings. The molecule has 0 aromatic carbocycles. The lowest BCUT2D eigenvalue weighted by molar-refractivity contribution is -0.327. The van der Waals surface area contributed by atoms with Crippen LogP contribution in [0.3, 0.4) is 0 Å². The van der Waals surface area contributed by atoms with Crippen LogP contribution in [0.15, 0.2) is 0 Å². The number of piperidine rings is 1. The van der Waals surface area contributed by atoms with Crippen LogP contribution in [-0.2, 0) is 4.74 Å². The Morgan fingerprint density at radius 2 is 2.21 bits per heavy atom. The summed E-state index contributed by atoms with van der Waals surface area (Å²) in [6, 6.07) is -0.238. The number of alkyl halides is 3. The van der Waals surface area contributed by atoms with Gasteiger partial charge in [-0.2, -0.15) is 0 Å². The first-order valence-corrected chi connectivity index (χ1v) is 4.77. The van der Waals surface area contributed by atoms with Crippen LogP contribution >= 0.6 is 12.2 Å². The zero-order chi connectivity index (χ0) is 10.8. The van der Waals surface area contributed by atoms with E-state index in [4.69, 9.17) is 12.2 Å². The van der Waals surface area contributed by atoms with E-state index < -0.39 is 6.36 Å². The lowest BCUT2D eigenvalue weighted by Gasteiger charge is -2.34. The summed E-state index contributed by atoms with van der Waals surface area (Å²) in [6.45, 7) is -0.333. The quantitative estimate of drug-likeness (QED) is 0.672. The maximum atomic E-state index is 11.8. The van der Waals surface area contributed by atoms with Crippen molar-refractivity contribution in [3.05, 3.63) is 0 Å². The molecule has 1 atom stereocenters. The highest BCUT2D eigenvalue weighted by Gasteiger charge is 2.32. The summed E-state index contributed by atoms with van der Waals surface area (Å²) in [6.07, 6.45) is -2.21. The molecule has 1 heterocycles. The van der Waals surface area contributed by atoms with Crippen molar-refractivity contribution in [1.82, 2.24) is 4.90 Å². The van der Waals surface area contributed by atoms with Crippen molar-refractivity contribution >= 4 is 17.2 Å². The first-order chi connectivity index (χ1) is 6.40. The van der Waals surface area contributed by atoms with Gasteiger partial charge in [0.25, 0.3) is 0 Å². The minimum absolute atomic E-state index is 0.238. The van der Waals surface area contributed by atoms with Crippen LogP contribution in [0.2, 0.25) is 0 Å². The van der Waals surface area contributed by atoms with Crippen molar-refractivity contribution in [2.45, 2.75) is 31.7 Å². The van der Waals surface area contributed by atoms with Crippen LogP contribution < -0.4 is 0 Å². The third kappa shape index (κ3) is 3.42. The molecule has 1 unspecified atom stereocenters. The van der Waals surface area contributed by atoms with E-state index in [1.165, 1.54) is 0 Å². The summed E-state index contributed by atoms with van der Waals surface area (Å²) >= 11 is 5.00. The molecule has 0 spiro atoms. The van der Waals surface area contributed by atoms with Crippen molar-refractivity contribution in [2.75, 3.05) is 13.7 Å². The van der Waals surface area contributed by atoms with Crippen LogP contribution in [0, 0.1) is 0 Å². The van der Waals surface area contributed by atoms with Crippen molar-refractivity contribution in [3.63, 3.8) is 0 Å². The minimum atomic E-state index is -4.54. The number of ether oxygens (including phenoxy) is 1. The third-order valence-corrected chi connectivity index (χ3v) is 2.80. The number of likely N-dealkylation sites (tertiary alicyclic amines) is 1. The van der Waals surface area contributed by atoms with Gasteiger partial charge in [-0.05, 0) is 19.3 Å². The van der Waals surface area contributed by atoms with Gasteiger partial charge in [0, 0.05) is 7.05 Å². The molecule has 1 saturated heterocycles. The Labute approximate surface area is 86.0 Å². The van der Waals surface area contributed by atoms with E-state index in [-0.39, 0.29) is 12.6 Å². The lowest BCUT2D eigenvalue weighted by atomic mass is 10.0. The van der Waals surface area contributed by atoms with Crippen LogP contribution in [-0.4, -0.2) is 35.9 Å². The molecule has 1 aliphatic heterocycles. The Balaban J connectivity index is 2.40. The number of hydrogen-bond acceptors (Lipinski definition) is 2. The number of halogens is 3. The summed E-state index contributed by atoms with van der Waals surface area (Å²) in [5, 5.41) is 0. The molecule has 0 amide bonds. The maximum Gasteiger partial charge on any atom is 0.522 e. The van der Waals surface area contributed by atoms with Gasteiger partial charge in [-0.3, -0.25) is 4.74 Å². The molecule has 0 aromatic heterocycles. The molecule has 14 heavy (non-hydrogen) atoms. The van der Waals surface area contributed by atoms with Crippen molar-refractivity contribution in [1.29, 1.82) is 0 Å². The Bertz CT molecular complexity index is 219. The predicted octanol–water partition coefficient (Wildman–Crippen LogP) is 2.33. The largest absolute Gasteiger partial charge is 0.522 e. The Morgan fingerprint density at radius 1 is 1.57 bits per heavy atom.